The van der Waals surface area contributed by atoms with Gasteiger partial charge in [0, 0.05) is 38.1 Å². The summed E-state index contributed by atoms with van der Waals surface area (Å²) in [6, 6.07) is 8.69. The average Bonchev–Trinajstić information content (AvgIpc) is 3.10. The third-order valence-corrected chi connectivity index (χ3v) is 5.58. The van der Waals surface area contributed by atoms with Crippen LogP contribution in [-0.2, 0) is 0 Å². The molecule has 2 aromatic heterocycles. The van der Waals surface area contributed by atoms with Crippen LogP contribution < -0.4 is 4.90 Å². The number of aryl methyl sites for hydroxylation is 1. The summed E-state index contributed by atoms with van der Waals surface area (Å²) in [4.78, 5) is 11.3. The van der Waals surface area contributed by atoms with Gasteiger partial charge < -0.3 is 4.90 Å². The van der Waals surface area contributed by atoms with E-state index in [1.165, 1.54) is 36.0 Å². The summed E-state index contributed by atoms with van der Waals surface area (Å²) in [5, 5.41) is 5.04. The highest BCUT2D eigenvalue weighted by molar-refractivity contribution is 5.89. The second kappa shape index (κ2) is 7.74. The molecule has 1 aromatic carbocycles. The van der Waals surface area contributed by atoms with Crippen molar-refractivity contribution in [1.82, 2.24) is 14.6 Å². The molecular weight excluding hydrogens is 346 g/mol. The highest BCUT2D eigenvalue weighted by atomic mass is 15.4. The van der Waals surface area contributed by atoms with Crippen LogP contribution in [0.1, 0.15) is 55.8 Å². The molecular formula is C23H29N5. The van der Waals surface area contributed by atoms with E-state index in [-0.39, 0.29) is 0 Å². The number of hydrogen-bond donors (Lipinski definition) is 0. The molecule has 0 aliphatic carbocycles. The van der Waals surface area contributed by atoms with Crippen molar-refractivity contribution in [2.75, 3.05) is 25.0 Å². The minimum absolute atomic E-state index is 0.328. The van der Waals surface area contributed by atoms with Crippen LogP contribution >= 0.6 is 0 Å². The van der Waals surface area contributed by atoms with Gasteiger partial charge >= 0.3 is 0 Å². The predicted octanol–water partition coefficient (Wildman–Crippen LogP) is 4.87. The molecule has 4 rings (SSSR count). The fourth-order valence-electron chi connectivity index (χ4n) is 4.07. The standard InChI is InChI=1S/C23H29N5/c1-16(2)22-21(18-9-8-17(3)19(14-18)15-24-4)20-10-11-25-23(28(20)26-22)27-12-6-5-7-13-27/h8-11,14-16H,5-7,12-13H2,1-4H3/b24-15-. The molecule has 5 heteroatoms. The maximum atomic E-state index is 5.04. The van der Waals surface area contributed by atoms with E-state index in [9.17, 15) is 0 Å². The number of anilines is 1. The van der Waals surface area contributed by atoms with Crippen LogP contribution in [0.3, 0.4) is 0 Å². The lowest BCUT2D eigenvalue weighted by atomic mass is 9.95. The van der Waals surface area contributed by atoms with Crippen LogP contribution in [0.4, 0.5) is 5.95 Å². The van der Waals surface area contributed by atoms with Gasteiger partial charge in [-0.3, -0.25) is 4.99 Å². The summed E-state index contributed by atoms with van der Waals surface area (Å²) in [5.74, 6) is 1.29. The molecule has 0 saturated carbocycles. The minimum atomic E-state index is 0.328. The summed E-state index contributed by atoms with van der Waals surface area (Å²) in [6.45, 7) is 8.66. The Labute approximate surface area is 167 Å². The number of fused-ring (bicyclic) bond motifs is 1. The molecule has 0 spiro atoms. The van der Waals surface area contributed by atoms with Gasteiger partial charge in [-0.1, -0.05) is 26.0 Å². The first-order chi connectivity index (χ1) is 13.6. The Bertz CT molecular complexity index is 1010. The number of rotatable bonds is 4. The average molecular weight is 376 g/mol. The summed E-state index contributed by atoms with van der Waals surface area (Å²) in [7, 11) is 1.82. The highest BCUT2D eigenvalue weighted by Crippen LogP contribution is 2.35. The second-order valence-electron chi connectivity index (χ2n) is 7.96. The molecule has 0 radical (unpaired) electrons. The van der Waals surface area contributed by atoms with E-state index < -0.39 is 0 Å². The molecule has 1 aliphatic heterocycles. The fraction of sp³-hybridized carbons (Fsp3) is 0.435. The van der Waals surface area contributed by atoms with Gasteiger partial charge in [-0.05, 0) is 60.9 Å². The quantitative estimate of drug-likeness (QED) is 0.611. The van der Waals surface area contributed by atoms with Gasteiger partial charge in [0.15, 0.2) is 0 Å². The van der Waals surface area contributed by atoms with E-state index in [1.807, 2.05) is 19.5 Å². The van der Waals surface area contributed by atoms with Crippen LogP contribution in [0.15, 0.2) is 35.5 Å². The van der Waals surface area contributed by atoms with Crippen LogP contribution in [0.2, 0.25) is 0 Å². The van der Waals surface area contributed by atoms with E-state index in [0.717, 1.165) is 35.8 Å². The first-order valence-electron chi connectivity index (χ1n) is 10.3. The number of aromatic nitrogens is 3. The highest BCUT2D eigenvalue weighted by Gasteiger charge is 2.22. The van der Waals surface area contributed by atoms with E-state index in [0.29, 0.717) is 5.92 Å². The number of benzene rings is 1. The fourth-order valence-corrected chi connectivity index (χ4v) is 4.07. The number of hydrogen-bond acceptors (Lipinski definition) is 4. The number of nitrogens with zero attached hydrogens (tertiary/aromatic N) is 5. The van der Waals surface area contributed by atoms with Gasteiger partial charge in [0.25, 0.3) is 0 Å². The molecule has 3 heterocycles. The largest absolute Gasteiger partial charge is 0.341 e. The smallest absolute Gasteiger partial charge is 0.227 e. The predicted molar refractivity (Wildman–Crippen MR) is 117 cm³/mol. The maximum absolute atomic E-state index is 5.04. The van der Waals surface area contributed by atoms with Gasteiger partial charge in [-0.15, -0.1) is 0 Å². The molecule has 28 heavy (non-hydrogen) atoms. The van der Waals surface area contributed by atoms with Gasteiger partial charge in [0.05, 0.1) is 11.2 Å². The Balaban J connectivity index is 1.93. The lowest BCUT2D eigenvalue weighted by Gasteiger charge is -2.27. The monoisotopic (exact) mass is 375 g/mol. The zero-order valence-electron chi connectivity index (χ0n) is 17.3. The van der Waals surface area contributed by atoms with Gasteiger partial charge in [0.2, 0.25) is 5.95 Å². The molecule has 0 N–H and O–H groups in total. The lowest BCUT2D eigenvalue weighted by molar-refractivity contribution is 0.562. The van der Waals surface area contributed by atoms with Crippen molar-refractivity contribution in [3.63, 3.8) is 0 Å². The van der Waals surface area contributed by atoms with E-state index >= 15 is 0 Å². The van der Waals surface area contributed by atoms with Crippen LogP contribution in [-0.4, -0.2) is 40.9 Å². The first kappa shape index (κ1) is 18.7. The van der Waals surface area contributed by atoms with Crippen LogP contribution in [0.25, 0.3) is 16.6 Å². The van der Waals surface area contributed by atoms with Crippen molar-refractivity contribution in [2.24, 2.45) is 4.99 Å². The van der Waals surface area contributed by atoms with Gasteiger partial charge in [-0.25, -0.2) is 4.98 Å². The van der Waals surface area contributed by atoms with Crippen molar-refractivity contribution >= 4 is 17.7 Å². The maximum Gasteiger partial charge on any atom is 0.227 e. The molecule has 3 aromatic rings. The lowest BCUT2D eigenvalue weighted by Crippen LogP contribution is -2.32. The third-order valence-electron chi connectivity index (χ3n) is 5.58. The molecule has 0 amide bonds. The van der Waals surface area contributed by atoms with Crippen molar-refractivity contribution in [3.05, 3.63) is 47.3 Å². The molecule has 1 aliphatic rings. The number of aliphatic imine (C=N–C) groups is 1. The summed E-state index contributed by atoms with van der Waals surface area (Å²) in [6.07, 6.45) is 7.61. The molecule has 146 valence electrons. The normalized spacial score (nSPS) is 15.2. The Morgan fingerprint density at radius 3 is 2.61 bits per heavy atom. The zero-order valence-corrected chi connectivity index (χ0v) is 17.3. The van der Waals surface area contributed by atoms with E-state index in [4.69, 9.17) is 10.1 Å². The molecule has 5 nitrogen and oxygen atoms in total. The van der Waals surface area contributed by atoms with Crippen LogP contribution in [0.5, 0.6) is 0 Å². The Kier molecular flexibility index (Phi) is 5.16. The summed E-state index contributed by atoms with van der Waals surface area (Å²) >= 11 is 0. The first-order valence-corrected chi connectivity index (χ1v) is 10.3. The van der Waals surface area contributed by atoms with E-state index in [1.54, 1.807) is 0 Å². The van der Waals surface area contributed by atoms with Gasteiger partial charge in [0.1, 0.15) is 0 Å². The van der Waals surface area contributed by atoms with E-state index in [2.05, 4.69) is 59.4 Å². The Hall–Kier alpha value is -2.69. The molecule has 0 unspecified atom stereocenters. The zero-order chi connectivity index (χ0) is 19.7. The Morgan fingerprint density at radius 1 is 1.11 bits per heavy atom. The van der Waals surface area contributed by atoms with Gasteiger partial charge in [-0.2, -0.15) is 9.61 Å². The van der Waals surface area contributed by atoms with Crippen molar-refractivity contribution in [2.45, 2.75) is 46.0 Å². The molecule has 1 fully saturated rings. The van der Waals surface area contributed by atoms with Crippen molar-refractivity contribution < 1.29 is 0 Å². The second-order valence-corrected chi connectivity index (χ2v) is 7.96. The number of piperidine rings is 1. The minimum Gasteiger partial charge on any atom is -0.341 e. The van der Waals surface area contributed by atoms with Crippen molar-refractivity contribution in [3.8, 4) is 11.1 Å². The topological polar surface area (TPSA) is 45.8 Å². The third kappa shape index (κ3) is 3.30. The SMILES string of the molecule is C/N=C\c1cc(-c2c(C(C)C)nn3c(N4CCCCC4)nccc23)ccc1C. The van der Waals surface area contributed by atoms with Crippen molar-refractivity contribution in [1.29, 1.82) is 0 Å². The Morgan fingerprint density at radius 2 is 1.89 bits per heavy atom. The molecule has 0 bridgehead atoms. The molecule has 1 saturated heterocycles. The summed E-state index contributed by atoms with van der Waals surface area (Å²) < 4.78 is 2.06. The summed E-state index contributed by atoms with van der Waals surface area (Å²) in [5.41, 5.74) is 7.03. The van der Waals surface area contributed by atoms with Crippen LogP contribution in [0, 0.1) is 6.92 Å². The molecule has 0 atom stereocenters.